The average Bonchev–Trinajstić information content (AvgIpc) is 3.73. The Morgan fingerprint density at radius 3 is 2.63 bits per heavy atom. The molecule has 0 bridgehead atoms. The molecule has 2 aliphatic heterocycles. The predicted molar refractivity (Wildman–Crippen MR) is 155 cm³/mol. The number of H-pyrrole nitrogens is 1. The van der Waals surface area contributed by atoms with Crippen molar-refractivity contribution in [1.82, 2.24) is 44.5 Å². The molecule has 1 unspecified atom stereocenters. The molecule has 0 amide bonds. The van der Waals surface area contributed by atoms with Crippen molar-refractivity contribution in [2.75, 3.05) is 24.7 Å². The maximum atomic E-state index is 15.3. The van der Waals surface area contributed by atoms with Crippen LogP contribution in [0, 0.1) is 0 Å². The van der Waals surface area contributed by atoms with E-state index in [-0.39, 0.29) is 41.8 Å². The van der Waals surface area contributed by atoms with E-state index < -0.39 is 74.5 Å². The van der Waals surface area contributed by atoms with Gasteiger partial charge in [-0.25, -0.2) is 19.3 Å². The number of nitrogen functional groups attached to an aromatic ring is 2. The highest BCUT2D eigenvalue weighted by Gasteiger charge is 2.61. The topological polar surface area (TPSA) is 287 Å². The molecule has 2 saturated heterocycles. The number of rotatable bonds is 8. The van der Waals surface area contributed by atoms with Crippen molar-refractivity contribution in [3.05, 3.63) is 23.0 Å². The second-order valence-corrected chi connectivity index (χ2v) is 12.9. The van der Waals surface area contributed by atoms with Gasteiger partial charge in [-0.05, 0) is 11.8 Å². The average molecular weight is 732 g/mol. The van der Waals surface area contributed by atoms with Gasteiger partial charge in [0.25, 0.3) is 5.56 Å². The third-order valence-corrected chi connectivity index (χ3v) is 8.28. The fourth-order valence-corrected chi connectivity index (χ4v) is 6.08. The number of anilines is 2. The minimum atomic E-state index is -4.50. The lowest BCUT2D eigenvalue weighted by Gasteiger charge is -2.26. The first-order valence-electron chi connectivity index (χ1n) is 12.5. The Bertz CT molecular complexity index is 1850. The highest BCUT2D eigenvalue weighted by molar-refractivity contribution is 8.33. The summed E-state index contributed by atoms with van der Waals surface area (Å²) in [4.78, 5) is 40.6. The van der Waals surface area contributed by atoms with Crippen molar-refractivity contribution in [1.29, 1.82) is 0 Å². The molecular formula is C19H22F3N11O9P2S2. The number of thiol groups is 1. The predicted octanol–water partition coefficient (Wildman–Crippen LogP) is -0.618. The fraction of sp³-hybridized carbons (Fsp3) is 0.526. The Labute approximate surface area is 264 Å². The molecule has 6 rings (SSSR count). The minimum absolute atomic E-state index is 0.0844. The molecule has 8 atom stereocenters. The van der Waals surface area contributed by atoms with E-state index in [2.05, 4.69) is 47.5 Å². The summed E-state index contributed by atoms with van der Waals surface area (Å²) in [5.41, 5.74) is 9.96. The molecular weight excluding hydrogens is 709 g/mol. The van der Waals surface area contributed by atoms with Crippen molar-refractivity contribution in [3.8, 4) is 0 Å². The molecule has 0 radical (unpaired) electrons. The van der Waals surface area contributed by atoms with Crippen molar-refractivity contribution >= 4 is 72.5 Å². The molecule has 0 spiro atoms. The minimum Gasteiger partial charge on any atom is -0.394 e. The molecule has 2 fully saturated rings. The summed E-state index contributed by atoms with van der Waals surface area (Å²) in [6, 6.07) is 0. The van der Waals surface area contributed by atoms with Crippen LogP contribution in [0.4, 0.5) is 24.9 Å². The number of hydrogen-bond donors (Lipinski definition) is 7. The number of nitrogens with one attached hydrogen (secondary N) is 1. The lowest BCUT2D eigenvalue weighted by molar-refractivity contribution is -0.142. The summed E-state index contributed by atoms with van der Waals surface area (Å²) in [5, 5.41) is 27.2. The van der Waals surface area contributed by atoms with E-state index in [0.29, 0.717) is 4.68 Å². The van der Waals surface area contributed by atoms with E-state index in [9.17, 15) is 19.9 Å². The normalized spacial score (nSPS) is 28.8. The van der Waals surface area contributed by atoms with Crippen LogP contribution in [0.25, 0.3) is 22.3 Å². The number of aromatic nitrogens is 9. The SMILES string of the molecule is Nc1nc2c(ncn2[C@@H]2O[C@H](CO)[C@@H](F)[C@H]2OP(O)(=S)OC[C@H]2O[C@@H](n3nnc4c(N)ncnc43)C(F)(F)[C@@H]2O)c(=O)[nH]1.O=PS. The Kier molecular flexibility index (Phi) is 9.92. The zero-order valence-corrected chi connectivity index (χ0v) is 26.0. The zero-order valence-electron chi connectivity index (χ0n) is 22.5. The molecule has 46 heavy (non-hydrogen) atoms. The molecule has 4 aromatic rings. The van der Waals surface area contributed by atoms with Gasteiger partial charge in [-0.2, -0.15) is 18.4 Å². The van der Waals surface area contributed by atoms with Crippen LogP contribution in [0.3, 0.4) is 0 Å². The molecule has 20 nitrogen and oxygen atoms in total. The maximum absolute atomic E-state index is 15.3. The van der Waals surface area contributed by atoms with Crippen molar-refractivity contribution in [2.24, 2.45) is 0 Å². The van der Waals surface area contributed by atoms with Gasteiger partial charge in [0.15, 0.2) is 46.6 Å². The van der Waals surface area contributed by atoms with Gasteiger partial charge in [0, 0.05) is 0 Å². The summed E-state index contributed by atoms with van der Waals surface area (Å²) in [5.74, 6) is -4.39. The Morgan fingerprint density at radius 2 is 1.93 bits per heavy atom. The van der Waals surface area contributed by atoms with Gasteiger partial charge in [-0.3, -0.25) is 23.4 Å². The van der Waals surface area contributed by atoms with Crippen LogP contribution in [0.2, 0.25) is 0 Å². The number of alkyl halides is 3. The second kappa shape index (κ2) is 13.3. The van der Waals surface area contributed by atoms with Gasteiger partial charge in [-0.1, -0.05) is 17.5 Å². The lowest BCUT2D eigenvalue weighted by atomic mass is 10.1. The molecule has 250 valence electrons. The molecule has 2 aliphatic rings. The summed E-state index contributed by atoms with van der Waals surface area (Å²) in [7, 11) is -0.139. The first kappa shape index (κ1) is 34.4. The van der Waals surface area contributed by atoms with Crippen molar-refractivity contribution in [3.63, 3.8) is 0 Å². The van der Waals surface area contributed by atoms with E-state index in [1.165, 1.54) is 0 Å². The summed E-state index contributed by atoms with van der Waals surface area (Å²) in [6.45, 7) is -6.26. The highest BCUT2D eigenvalue weighted by Crippen LogP contribution is 2.52. The van der Waals surface area contributed by atoms with Crippen molar-refractivity contribution < 1.29 is 51.4 Å². The van der Waals surface area contributed by atoms with Gasteiger partial charge in [0.2, 0.25) is 19.8 Å². The maximum Gasteiger partial charge on any atom is 0.325 e. The third-order valence-electron chi connectivity index (χ3n) is 6.72. The Hall–Kier alpha value is -2.96. The highest BCUT2D eigenvalue weighted by atomic mass is 32.7. The monoisotopic (exact) mass is 731 g/mol. The van der Waals surface area contributed by atoms with E-state index in [4.69, 9.17) is 46.4 Å². The van der Waals surface area contributed by atoms with Crippen molar-refractivity contribution in [2.45, 2.75) is 49.0 Å². The number of aromatic amines is 1. The number of nitrogens with zero attached hydrogens (tertiary/aromatic N) is 8. The van der Waals surface area contributed by atoms with Gasteiger partial charge < -0.3 is 40.6 Å². The quantitative estimate of drug-likeness (QED) is 0.0878. The Balaban J connectivity index is 0.00000134. The first-order valence-corrected chi connectivity index (χ1v) is 17.1. The van der Waals surface area contributed by atoms with Crippen LogP contribution in [-0.2, 0) is 34.9 Å². The summed E-state index contributed by atoms with van der Waals surface area (Å²) in [6.07, 6.45) is -11.3. The number of aliphatic hydroxyl groups is 2. The number of fused-ring (bicyclic) bond motifs is 2. The smallest absolute Gasteiger partial charge is 0.325 e. The fourth-order valence-electron chi connectivity index (χ4n) is 4.67. The van der Waals surface area contributed by atoms with Crippen LogP contribution in [0.15, 0.2) is 17.4 Å². The van der Waals surface area contributed by atoms with Gasteiger partial charge in [0.05, 0.1) is 19.5 Å². The number of aliphatic hydroxyl groups excluding tert-OH is 2. The number of halogens is 3. The standard InChI is InChI=1S/C19H21F3N11O8PS.HOPS/c20-7-5(1-34)39-16(32-4-27-9-14(32)28-18(24)29-15(9)36)10(7)41-42(37,43)38-2-6-11(35)19(21,22)17(40-6)33-13-8(30-31-33)12(23)25-3-26-13;1-2-3/h3-7,10-11,16-17,34-35H,1-2H2,(H,37,43)(H2,23,25,26)(H3,24,28,29,36);(H,1,3)/t5-,6-,7-,10-,11-,16-,17-,42?;/m1./s1. The van der Waals surface area contributed by atoms with Crippen LogP contribution in [0.1, 0.15) is 12.5 Å². The number of hydrogen-bond acceptors (Lipinski definition) is 17. The molecule has 4 aromatic heterocycles. The van der Waals surface area contributed by atoms with Crippen LogP contribution in [0.5, 0.6) is 0 Å². The lowest BCUT2D eigenvalue weighted by Crippen LogP contribution is -2.40. The van der Waals surface area contributed by atoms with E-state index >= 15 is 13.2 Å². The molecule has 0 saturated carbocycles. The van der Waals surface area contributed by atoms with Crippen LogP contribution < -0.4 is 17.0 Å². The van der Waals surface area contributed by atoms with E-state index in [1.807, 2.05) is 0 Å². The van der Waals surface area contributed by atoms with Gasteiger partial charge >= 0.3 is 12.6 Å². The van der Waals surface area contributed by atoms with Gasteiger partial charge in [0.1, 0.15) is 24.6 Å². The van der Waals surface area contributed by atoms with Gasteiger partial charge in [-0.15, -0.1) is 5.10 Å². The Morgan fingerprint density at radius 1 is 1.22 bits per heavy atom. The number of ether oxygens (including phenoxy) is 2. The number of nitrogens with two attached hydrogens (primary N) is 2. The van der Waals surface area contributed by atoms with E-state index in [1.54, 1.807) is 0 Å². The van der Waals surface area contributed by atoms with Crippen LogP contribution >= 0.6 is 26.6 Å². The first-order chi connectivity index (χ1) is 21.7. The second-order valence-electron chi connectivity index (χ2n) is 9.49. The molecule has 6 heterocycles. The molecule has 0 aromatic carbocycles. The third kappa shape index (κ3) is 6.32. The van der Waals surface area contributed by atoms with E-state index in [0.717, 1.165) is 17.2 Å². The zero-order chi connectivity index (χ0) is 33.6. The van der Waals surface area contributed by atoms with Crippen LogP contribution in [-0.4, -0.2) is 109 Å². The summed E-state index contributed by atoms with van der Waals surface area (Å²) >= 11 is 8.19. The summed E-state index contributed by atoms with van der Waals surface area (Å²) < 4.78 is 77.3. The molecule has 27 heteroatoms. The largest absolute Gasteiger partial charge is 0.394 e. The number of imidazole rings is 1. The molecule has 0 aliphatic carbocycles. The molecule has 8 N–H and O–H groups in total.